The van der Waals surface area contributed by atoms with Gasteiger partial charge in [0, 0.05) is 6.10 Å². The molecule has 1 aliphatic rings. The molecule has 0 N–H and O–H groups in total. The normalized spacial score (nSPS) is 43.2. The van der Waals surface area contributed by atoms with Crippen LogP contribution in [0, 0.1) is 0 Å². The largest absolute Gasteiger partial charge is 0.418 e. The topological polar surface area (TPSA) is 9.23 Å². The Balaban J connectivity index is 3.03. The van der Waals surface area contributed by atoms with Gasteiger partial charge in [0.15, 0.2) is 7.83 Å². The molecule has 78 valence electrons. The SMILES string of the molecule is CC1C[Si](C)(Cl)[Si](C)(C)[Si](C)(C)O1. The zero-order valence-corrected chi connectivity index (χ0v) is 13.3. The van der Waals surface area contributed by atoms with Crippen LogP contribution in [0.25, 0.3) is 0 Å². The minimum atomic E-state index is -1.47. The second-order valence-electron chi connectivity index (χ2n) is 5.47. The zero-order valence-electron chi connectivity index (χ0n) is 9.57. The van der Waals surface area contributed by atoms with Gasteiger partial charge in [0.05, 0.1) is 7.11 Å². The summed E-state index contributed by atoms with van der Waals surface area (Å²) in [5, 5.41) is 0. The van der Waals surface area contributed by atoms with Gasteiger partial charge in [0.1, 0.15) is 6.90 Å². The first kappa shape index (κ1) is 12.0. The molecule has 0 bridgehead atoms. The molecule has 1 aliphatic heterocycles. The highest BCUT2D eigenvalue weighted by molar-refractivity contribution is 7.77. The third-order valence-electron chi connectivity index (χ3n) is 3.97. The highest BCUT2D eigenvalue weighted by Crippen LogP contribution is 2.41. The van der Waals surface area contributed by atoms with E-state index in [4.69, 9.17) is 15.5 Å². The van der Waals surface area contributed by atoms with Crippen LogP contribution >= 0.6 is 11.1 Å². The highest BCUT2D eigenvalue weighted by Gasteiger charge is 2.59. The van der Waals surface area contributed by atoms with E-state index in [2.05, 4.69) is 39.7 Å². The van der Waals surface area contributed by atoms with E-state index in [-0.39, 0.29) is 0 Å². The third kappa shape index (κ3) is 1.84. The number of hydrogen-bond acceptors (Lipinski definition) is 1. The van der Waals surface area contributed by atoms with Crippen LogP contribution in [0.4, 0.5) is 0 Å². The molecule has 2 unspecified atom stereocenters. The van der Waals surface area contributed by atoms with Gasteiger partial charge in [-0.15, -0.1) is 0 Å². The maximum atomic E-state index is 6.80. The van der Waals surface area contributed by atoms with E-state index in [1.807, 2.05) is 0 Å². The van der Waals surface area contributed by atoms with Gasteiger partial charge in [-0.3, -0.25) is 0 Å². The summed E-state index contributed by atoms with van der Waals surface area (Å²) in [6.07, 6.45) is 0.413. The second kappa shape index (κ2) is 3.20. The van der Waals surface area contributed by atoms with Crippen molar-refractivity contribution in [1.82, 2.24) is 0 Å². The summed E-state index contributed by atoms with van der Waals surface area (Å²) in [5.41, 5.74) is 0. The fourth-order valence-corrected chi connectivity index (χ4v) is 33.8. The Hall–Kier alpha value is 0.901. The summed E-state index contributed by atoms with van der Waals surface area (Å²) in [5.74, 6) is 0. The summed E-state index contributed by atoms with van der Waals surface area (Å²) < 4.78 is 6.18. The van der Waals surface area contributed by atoms with Gasteiger partial charge in [-0.05, 0) is 26.1 Å². The van der Waals surface area contributed by atoms with Crippen LogP contribution in [0.2, 0.25) is 38.8 Å². The fraction of sp³-hybridized carbons (Fsp3) is 1.00. The quantitative estimate of drug-likeness (QED) is 0.475. The Morgan fingerprint density at radius 1 is 1.15 bits per heavy atom. The molecule has 1 saturated heterocycles. The molecule has 1 heterocycles. The molecule has 0 amide bonds. The van der Waals surface area contributed by atoms with Crippen LogP contribution in [-0.4, -0.2) is 27.9 Å². The molecule has 0 aromatic rings. The molecule has 1 fully saturated rings. The van der Waals surface area contributed by atoms with Gasteiger partial charge < -0.3 is 4.43 Å². The van der Waals surface area contributed by atoms with Crippen LogP contribution in [-0.2, 0) is 4.43 Å². The second-order valence-corrected chi connectivity index (χ2v) is 34.2. The highest BCUT2D eigenvalue weighted by atomic mass is 35.6. The van der Waals surface area contributed by atoms with E-state index in [0.717, 1.165) is 6.04 Å². The van der Waals surface area contributed by atoms with Gasteiger partial charge in [0.25, 0.3) is 0 Å². The molecule has 13 heavy (non-hydrogen) atoms. The van der Waals surface area contributed by atoms with Crippen LogP contribution in [0.15, 0.2) is 0 Å². The summed E-state index contributed by atoms with van der Waals surface area (Å²) >= 11 is 6.80. The van der Waals surface area contributed by atoms with Crippen LogP contribution in [0.3, 0.4) is 0 Å². The summed E-state index contributed by atoms with van der Waals surface area (Å²) in [6.45, 7) is 12.7. The summed E-state index contributed by atoms with van der Waals surface area (Å²) in [7, 11) is -2.71. The minimum Gasteiger partial charge on any atom is -0.418 e. The molecule has 1 nitrogen and oxygen atoms in total. The lowest BCUT2D eigenvalue weighted by Gasteiger charge is -2.52. The van der Waals surface area contributed by atoms with E-state index in [0.29, 0.717) is 6.10 Å². The molecule has 0 radical (unpaired) electrons. The average molecular weight is 253 g/mol. The lowest BCUT2D eigenvalue weighted by molar-refractivity contribution is 0.236. The summed E-state index contributed by atoms with van der Waals surface area (Å²) in [4.78, 5) is 0. The summed E-state index contributed by atoms with van der Waals surface area (Å²) in [6, 6.07) is 1.16. The predicted octanol–water partition coefficient (Wildman–Crippen LogP) is 3.29. The Bertz CT molecular complexity index is 195. The van der Waals surface area contributed by atoms with Crippen molar-refractivity contribution >= 4 is 32.9 Å². The Kier molecular flexibility index (Phi) is 2.95. The fourth-order valence-electron chi connectivity index (χ4n) is 2.11. The smallest absolute Gasteiger partial charge is 0.173 e. The lowest BCUT2D eigenvalue weighted by Crippen LogP contribution is -2.74. The standard InChI is InChI=1S/C8H21ClOSi3/c1-8-7-13(6,9)12(4,5)11(2,3)10-8/h8H,7H2,1-6H3. The molecule has 0 spiro atoms. The first-order chi connectivity index (χ1) is 5.60. The van der Waals surface area contributed by atoms with E-state index in [1.54, 1.807) is 0 Å². The molecule has 2 atom stereocenters. The first-order valence-corrected chi connectivity index (χ1v) is 16.6. The Morgan fingerprint density at radius 3 is 2.00 bits per heavy atom. The molecule has 5 heteroatoms. The third-order valence-corrected chi connectivity index (χ3v) is 46.3. The van der Waals surface area contributed by atoms with E-state index >= 15 is 0 Å². The molecular formula is C8H21ClOSi3. The van der Waals surface area contributed by atoms with Crippen LogP contribution < -0.4 is 0 Å². The van der Waals surface area contributed by atoms with Crippen LogP contribution in [0.1, 0.15) is 6.92 Å². The van der Waals surface area contributed by atoms with Gasteiger partial charge in [0.2, 0.25) is 0 Å². The van der Waals surface area contributed by atoms with Gasteiger partial charge >= 0.3 is 0 Å². The maximum Gasteiger partial charge on any atom is 0.173 e. The molecule has 0 aromatic carbocycles. The zero-order chi connectivity index (χ0) is 10.5. The first-order valence-electron chi connectivity index (χ1n) is 4.97. The van der Waals surface area contributed by atoms with Crippen molar-refractivity contribution in [2.45, 2.75) is 51.8 Å². The number of halogens is 1. The predicted molar refractivity (Wildman–Crippen MR) is 67.8 cm³/mol. The van der Waals surface area contributed by atoms with Crippen molar-refractivity contribution in [2.75, 3.05) is 0 Å². The van der Waals surface area contributed by atoms with Crippen LogP contribution in [0.5, 0.6) is 0 Å². The van der Waals surface area contributed by atoms with E-state index in [1.165, 1.54) is 0 Å². The Morgan fingerprint density at radius 2 is 1.62 bits per heavy atom. The van der Waals surface area contributed by atoms with Crippen molar-refractivity contribution in [2.24, 2.45) is 0 Å². The van der Waals surface area contributed by atoms with Crippen molar-refractivity contribution in [3.05, 3.63) is 0 Å². The average Bonchev–Trinajstić information content (AvgIpc) is 1.80. The Labute approximate surface area is 89.3 Å². The molecule has 0 saturated carbocycles. The number of hydrogen-bond donors (Lipinski definition) is 0. The van der Waals surface area contributed by atoms with Gasteiger partial charge in [-0.2, -0.15) is 11.1 Å². The van der Waals surface area contributed by atoms with Crippen molar-refractivity contribution in [3.8, 4) is 0 Å². The minimum absolute atomic E-state index is 0.413. The number of rotatable bonds is 0. The molecular weight excluding hydrogens is 232 g/mol. The van der Waals surface area contributed by atoms with Crippen molar-refractivity contribution < 1.29 is 4.43 Å². The lowest BCUT2D eigenvalue weighted by atomic mass is 10.5. The van der Waals surface area contributed by atoms with Crippen molar-refractivity contribution in [3.63, 3.8) is 0 Å². The molecule has 0 aliphatic carbocycles. The van der Waals surface area contributed by atoms with E-state index in [9.17, 15) is 0 Å². The molecule has 0 aromatic heterocycles. The van der Waals surface area contributed by atoms with Gasteiger partial charge in [-0.1, -0.05) is 19.6 Å². The van der Waals surface area contributed by atoms with E-state index < -0.39 is 21.8 Å². The van der Waals surface area contributed by atoms with Gasteiger partial charge in [-0.25, -0.2) is 0 Å². The molecule has 1 rings (SSSR count). The maximum absolute atomic E-state index is 6.80. The van der Waals surface area contributed by atoms with Crippen molar-refractivity contribution in [1.29, 1.82) is 0 Å². The monoisotopic (exact) mass is 252 g/mol.